The summed E-state index contributed by atoms with van der Waals surface area (Å²) in [6.07, 6.45) is 27.4. The largest absolute Gasteiger partial charge is 0.370 e. The zero-order chi connectivity index (χ0) is 14.6. The van der Waals surface area contributed by atoms with Gasteiger partial charge in [-0.3, -0.25) is 0 Å². The van der Waals surface area contributed by atoms with Gasteiger partial charge in [-0.1, -0.05) is 103 Å². The van der Waals surface area contributed by atoms with Gasteiger partial charge in [0.25, 0.3) is 0 Å². The first-order valence-electron chi connectivity index (χ1n) is 10.1. The van der Waals surface area contributed by atoms with Crippen molar-refractivity contribution in [1.82, 2.24) is 0 Å². The van der Waals surface area contributed by atoms with Crippen LogP contribution in [0.5, 0.6) is 0 Å². The fraction of sp³-hybridized carbons (Fsp3) is 1.00. The third-order valence-electron chi connectivity index (χ3n) is 5.41. The summed E-state index contributed by atoms with van der Waals surface area (Å²) >= 11 is 0. The van der Waals surface area contributed by atoms with Crippen molar-refractivity contribution < 1.29 is 4.74 Å². The van der Waals surface area contributed by atoms with E-state index in [1.54, 1.807) is 0 Å². The van der Waals surface area contributed by atoms with Crippen LogP contribution in [0.1, 0.15) is 116 Å². The van der Waals surface area contributed by atoms with Crippen LogP contribution in [-0.4, -0.2) is 12.2 Å². The molecule has 0 aromatic carbocycles. The molecule has 1 aliphatic heterocycles. The second-order valence-corrected chi connectivity index (χ2v) is 7.45. The summed E-state index contributed by atoms with van der Waals surface area (Å²) in [5, 5.41) is 0. The molecule has 0 N–H and O–H groups in total. The average Bonchev–Trinajstić information content (AvgIpc) is 3.23. The van der Waals surface area contributed by atoms with Crippen molar-refractivity contribution in [2.24, 2.45) is 0 Å². The zero-order valence-corrected chi connectivity index (χ0v) is 14.3. The first-order valence-corrected chi connectivity index (χ1v) is 10.1. The van der Waals surface area contributed by atoms with Crippen molar-refractivity contribution in [2.75, 3.05) is 0 Å². The maximum Gasteiger partial charge on any atom is 0.0841 e. The molecule has 0 bridgehead atoms. The van der Waals surface area contributed by atoms with Crippen LogP contribution in [0.2, 0.25) is 0 Å². The highest BCUT2D eigenvalue weighted by molar-refractivity contribution is 4.84. The molecule has 0 spiro atoms. The first kappa shape index (κ1) is 17.3. The number of hydrogen-bond donors (Lipinski definition) is 0. The van der Waals surface area contributed by atoms with Gasteiger partial charge in [0.2, 0.25) is 0 Å². The van der Waals surface area contributed by atoms with Gasteiger partial charge in [0, 0.05) is 0 Å². The van der Waals surface area contributed by atoms with Crippen LogP contribution in [0, 0.1) is 0 Å². The molecule has 1 saturated heterocycles. The minimum absolute atomic E-state index is 0.649. The highest BCUT2D eigenvalue weighted by atomic mass is 16.6. The molecular formula is C20H38O. The van der Waals surface area contributed by atoms with Crippen LogP contribution in [0.25, 0.3) is 0 Å². The molecule has 0 amide bonds. The number of rotatable bonds is 0. The minimum atomic E-state index is 0.649. The third kappa shape index (κ3) is 8.86. The summed E-state index contributed by atoms with van der Waals surface area (Å²) in [6, 6.07) is 0. The van der Waals surface area contributed by atoms with E-state index in [1.807, 2.05) is 0 Å². The molecule has 0 radical (unpaired) electrons. The topological polar surface area (TPSA) is 12.5 Å². The number of hydrogen-bond acceptors (Lipinski definition) is 1. The maximum atomic E-state index is 5.82. The molecular weight excluding hydrogens is 256 g/mol. The molecule has 2 aliphatic rings. The second-order valence-electron chi connectivity index (χ2n) is 7.45. The molecule has 124 valence electrons. The second kappa shape index (κ2) is 11.5. The van der Waals surface area contributed by atoms with Gasteiger partial charge in [0.1, 0.15) is 0 Å². The number of ether oxygens (including phenoxy) is 1. The van der Waals surface area contributed by atoms with Crippen molar-refractivity contribution in [3.8, 4) is 0 Å². The summed E-state index contributed by atoms with van der Waals surface area (Å²) in [7, 11) is 0. The van der Waals surface area contributed by atoms with Gasteiger partial charge in [-0.15, -0.1) is 0 Å². The molecule has 2 fully saturated rings. The summed E-state index contributed by atoms with van der Waals surface area (Å²) < 4.78 is 5.82. The smallest absolute Gasteiger partial charge is 0.0841 e. The van der Waals surface area contributed by atoms with Crippen molar-refractivity contribution >= 4 is 0 Å². The van der Waals surface area contributed by atoms with Gasteiger partial charge in [-0.05, 0) is 12.8 Å². The number of epoxide rings is 1. The standard InChI is InChI=1S/C20H38O/c1-2-4-6-8-10-12-14-16-18-20-19(21-20)17-15-13-11-9-7-5-3-1/h19-20H,1-18H2. The third-order valence-corrected chi connectivity index (χ3v) is 5.41. The molecule has 2 unspecified atom stereocenters. The van der Waals surface area contributed by atoms with Crippen LogP contribution >= 0.6 is 0 Å². The molecule has 21 heavy (non-hydrogen) atoms. The van der Waals surface area contributed by atoms with E-state index in [1.165, 1.54) is 116 Å². The summed E-state index contributed by atoms with van der Waals surface area (Å²) in [5.74, 6) is 0. The van der Waals surface area contributed by atoms with Crippen LogP contribution in [0.15, 0.2) is 0 Å². The van der Waals surface area contributed by atoms with E-state index < -0.39 is 0 Å². The van der Waals surface area contributed by atoms with Crippen LogP contribution in [0.4, 0.5) is 0 Å². The van der Waals surface area contributed by atoms with E-state index in [2.05, 4.69) is 0 Å². The number of fused-ring (bicyclic) bond motifs is 1. The molecule has 2 rings (SSSR count). The molecule has 1 saturated carbocycles. The monoisotopic (exact) mass is 294 g/mol. The predicted octanol–water partition coefficient (Wildman–Crippen LogP) is 6.79. The lowest BCUT2D eigenvalue weighted by atomic mass is 10.0. The Hall–Kier alpha value is -0.0400. The molecule has 0 aromatic rings. The van der Waals surface area contributed by atoms with Gasteiger partial charge in [-0.25, -0.2) is 0 Å². The summed E-state index contributed by atoms with van der Waals surface area (Å²) in [6.45, 7) is 0. The predicted molar refractivity (Wildman–Crippen MR) is 91.8 cm³/mol. The lowest BCUT2D eigenvalue weighted by Gasteiger charge is -2.04. The maximum absolute atomic E-state index is 5.82. The van der Waals surface area contributed by atoms with E-state index >= 15 is 0 Å². The van der Waals surface area contributed by atoms with Crippen LogP contribution in [0.3, 0.4) is 0 Å². The van der Waals surface area contributed by atoms with Crippen molar-refractivity contribution in [3.05, 3.63) is 0 Å². The average molecular weight is 295 g/mol. The Kier molecular flexibility index (Phi) is 9.50. The fourth-order valence-electron chi connectivity index (χ4n) is 3.85. The van der Waals surface area contributed by atoms with Gasteiger partial charge in [0.15, 0.2) is 0 Å². The Morgan fingerprint density at radius 2 is 0.571 bits per heavy atom. The highest BCUT2D eigenvalue weighted by Crippen LogP contribution is 2.32. The molecule has 1 heteroatoms. The lowest BCUT2D eigenvalue weighted by Crippen LogP contribution is -1.95. The molecule has 1 nitrogen and oxygen atoms in total. The SMILES string of the molecule is C1CCCCCCCCCC2OC2CCCCCCCC1. The zero-order valence-electron chi connectivity index (χ0n) is 14.3. The van der Waals surface area contributed by atoms with Crippen molar-refractivity contribution in [1.29, 1.82) is 0 Å². The van der Waals surface area contributed by atoms with Gasteiger partial charge >= 0.3 is 0 Å². The minimum Gasteiger partial charge on any atom is -0.370 e. The Morgan fingerprint density at radius 1 is 0.333 bits per heavy atom. The Bertz CT molecular complexity index is 214. The van der Waals surface area contributed by atoms with E-state index in [-0.39, 0.29) is 0 Å². The Balaban J connectivity index is 1.53. The first-order chi connectivity index (χ1) is 10.5. The lowest BCUT2D eigenvalue weighted by molar-refractivity contribution is 0.347. The van der Waals surface area contributed by atoms with Crippen molar-refractivity contribution in [2.45, 2.75) is 128 Å². The van der Waals surface area contributed by atoms with E-state index in [4.69, 9.17) is 4.74 Å². The fourth-order valence-corrected chi connectivity index (χ4v) is 3.85. The van der Waals surface area contributed by atoms with Crippen LogP contribution < -0.4 is 0 Å². The summed E-state index contributed by atoms with van der Waals surface area (Å²) in [5.41, 5.74) is 0. The summed E-state index contributed by atoms with van der Waals surface area (Å²) in [4.78, 5) is 0. The Morgan fingerprint density at radius 3 is 0.857 bits per heavy atom. The van der Waals surface area contributed by atoms with Crippen molar-refractivity contribution in [3.63, 3.8) is 0 Å². The van der Waals surface area contributed by atoms with E-state index in [0.717, 1.165) is 0 Å². The molecule has 2 atom stereocenters. The molecule has 1 heterocycles. The Labute approximate surface area is 133 Å². The van der Waals surface area contributed by atoms with Gasteiger partial charge in [-0.2, -0.15) is 0 Å². The highest BCUT2D eigenvalue weighted by Gasteiger charge is 2.36. The quantitative estimate of drug-likeness (QED) is 0.448. The van der Waals surface area contributed by atoms with Gasteiger partial charge in [0.05, 0.1) is 12.2 Å². The normalized spacial score (nSPS) is 32.0. The molecule has 1 aliphatic carbocycles. The van der Waals surface area contributed by atoms with E-state index in [0.29, 0.717) is 12.2 Å². The molecule has 0 aromatic heterocycles. The van der Waals surface area contributed by atoms with Crippen LogP contribution in [-0.2, 0) is 4.74 Å². The van der Waals surface area contributed by atoms with E-state index in [9.17, 15) is 0 Å². The van der Waals surface area contributed by atoms with Gasteiger partial charge < -0.3 is 4.74 Å².